The second kappa shape index (κ2) is 5.34. The van der Waals surface area contributed by atoms with Crippen molar-refractivity contribution in [3.63, 3.8) is 0 Å². The van der Waals surface area contributed by atoms with Gasteiger partial charge in [0.2, 0.25) is 12.3 Å². The minimum absolute atomic E-state index is 0.782. The Hall–Kier alpha value is -0.790. The van der Waals surface area contributed by atoms with Crippen LogP contribution in [0.4, 0.5) is 5.69 Å². The first kappa shape index (κ1) is 10.7. The van der Waals surface area contributed by atoms with Crippen LogP contribution in [-0.2, 0) is 15.0 Å². The fraction of sp³-hybridized carbons (Fsp3) is 0.333. The van der Waals surface area contributed by atoms with Gasteiger partial charge in [-0.25, -0.2) is 0 Å². The van der Waals surface area contributed by atoms with Gasteiger partial charge in [0, 0.05) is 5.69 Å². The molecule has 0 spiro atoms. The van der Waals surface area contributed by atoms with E-state index in [0.717, 1.165) is 37.4 Å². The Balaban J connectivity index is 1.72. The van der Waals surface area contributed by atoms with Crippen molar-refractivity contribution in [2.45, 2.75) is 12.8 Å². The van der Waals surface area contributed by atoms with Crippen molar-refractivity contribution in [1.29, 1.82) is 0 Å². The summed E-state index contributed by atoms with van der Waals surface area (Å²) in [7, 11) is 0. The number of hydroxylamine groups is 2. The number of hydrazine groups is 1. The summed E-state index contributed by atoms with van der Waals surface area (Å²) in [4.78, 5) is 0. The molecule has 0 unspecified atom stereocenters. The molecule has 0 aromatic heterocycles. The highest BCUT2D eigenvalue weighted by molar-refractivity contribution is 7.90. The molecule has 3 N–H and O–H groups in total. The quantitative estimate of drug-likeness (QED) is 0.453. The SMILES string of the molecule is NNc1ccc(CCCN2OSO2)cc1. The van der Waals surface area contributed by atoms with E-state index in [9.17, 15) is 0 Å². The maximum absolute atomic E-state index is 5.27. The molecule has 1 aromatic carbocycles. The summed E-state index contributed by atoms with van der Waals surface area (Å²) >= 11 is 1.00. The molecule has 0 radical (unpaired) electrons. The van der Waals surface area contributed by atoms with Crippen molar-refractivity contribution in [3.05, 3.63) is 29.8 Å². The van der Waals surface area contributed by atoms with Gasteiger partial charge in [-0.3, -0.25) is 5.84 Å². The van der Waals surface area contributed by atoms with Gasteiger partial charge in [0.05, 0.1) is 6.54 Å². The van der Waals surface area contributed by atoms with Gasteiger partial charge < -0.3 is 5.43 Å². The van der Waals surface area contributed by atoms with Crippen LogP contribution in [0.15, 0.2) is 24.3 Å². The molecule has 0 bridgehead atoms. The summed E-state index contributed by atoms with van der Waals surface area (Å²) < 4.78 is 9.81. The third-order valence-corrected chi connectivity index (χ3v) is 2.61. The van der Waals surface area contributed by atoms with E-state index in [2.05, 4.69) is 17.6 Å². The van der Waals surface area contributed by atoms with E-state index < -0.39 is 0 Å². The first-order chi connectivity index (χ1) is 7.38. The number of nitrogens with one attached hydrogen (secondary N) is 1. The summed E-state index contributed by atoms with van der Waals surface area (Å²) in [6.07, 6.45) is 1.99. The number of hydrogen-bond acceptors (Lipinski definition) is 6. The zero-order valence-corrected chi connectivity index (χ0v) is 9.00. The predicted octanol–water partition coefficient (Wildman–Crippen LogP) is 1.65. The zero-order valence-electron chi connectivity index (χ0n) is 8.18. The largest absolute Gasteiger partial charge is 0.324 e. The van der Waals surface area contributed by atoms with E-state index in [1.165, 1.54) is 10.8 Å². The molecule has 0 saturated carbocycles. The topological polar surface area (TPSA) is 59.8 Å². The minimum atomic E-state index is 0.782. The average Bonchev–Trinajstić information content (AvgIpc) is 2.23. The van der Waals surface area contributed by atoms with Gasteiger partial charge in [0.25, 0.3) is 0 Å². The van der Waals surface area contributed by atoms with E-state index in [0.29, 0.717) is 0 Å². The van der Waals surface area contributed by atoms with Crippen LogP contribution in [0.3, 0.4) is 0 Å². The van der Waals surface area contributed by atoms with Gasteiger partial charge in [0.1, 0.15) is 0 Å². The highest BCUT2D eigenvalue weighted by Gasteiger charge is 2.17. The second-order valence-electron chi connectivity index (χ2n) is 3.22. The van der Waals surface area contributed by atoms with Crippen LogP contribution in [0.1, 0.15) is 12.0 Å². The Bertz CT molecular complexity index is 303. The van der Waals surface area contributed by atoms with E-state index in [1.54, 1.807) is 0 Å². The Morgan fingerprint density at radius 2 is 2.00 bits per heavy atom. The van der Waals surface area contributed by atoms with Gasteiger partial charge >= 0.3 is 0 Å². The standard InChI is InChI=1S/C9H13N3O2S/c10-11-9-5-3-8(4-6-9)2-1-7-12-13-15-14-12/h3-6,11H,1-2,7,10H2. The fourth-order valence-electron chi connectivity index (χ4n) is 1.33. The van der Waals surface area contributed by atoms with Gasteiger partial charge in [0.15, 0.2) is 0 Å². The molecule has 2 rings (SSSR count). The molecule has 5 nitrogen and oxygen atoms in total. The van der Waals surface area contributed by atoms with Crippen LogP contribution < -0.4 is 11.3 Å². The van der Waals surface area contributed by atoms with Crippen molar-refractivity contribution in [2.75, 3.05) is 12.0 Å². The summed E-state index contributed by atoms with van der Waals surface area (Å²) in [5.74, 6) is 5.27. The smallest absolute Gasteiger partial charge is 0.203 e. The molecule has 0 amide bonds. The summed E-state index contributed by atoms with van der Waals surface area (Å²) in [6, 6.07) is 8.03. The van der Waals surface area contributed by atoms with Crippen LogP contribution in [0, 0.1) is 0 Å². The molecule has 1 aliphatic rings. The van der Waals surface area contributed by atoms with E-state index >= 15 is 0 Å². The van der Waals surface area contributed by atoms with Crippen molar-refractivity contribution >= 4 is 18.0 Å². The Morgan fingerprint density at radius 1 is 1.27 bits per heavy atom. The molecule has 1 heterocycles. The summed E-state index contributed by atoms with van der Waals surface area (Å²) in [5, 5.41) is 1.47. The summed E-state index contributed by atoms with van der Waals surface area (Å²) in [5.41, 5.74) is 4.80. The lowest BCUT2D eigenvalue weighted by atomic mass is 10.1. The number of nitrogens with zero attached hydrogens (tertiary/aromatic N) is 1. The number of nitrogens with two attached hydrogens (primary N) is 1. The lowest BCUT2D eigenvalue weighted by molar-refractivity contribution is -0.302. The maximum atomic E-state index is 5.27. The second-order valence-corrected chi connectivity index (χ2v) is 3.65. The molecule has 1 aliphatic heterocycles. The third kappa shape index (κ3) is 3.08. The molecular weight excluding hydrogens is 214 g/mol. The fourth-order valence-corrected chi connectivity index (χ4v) is 1.62. The van der Waals surface area contributed by atoms with Crippen LogP contribution in [0.25, 0.3) is 0 Å². The number of aryl methyl sites for hydroxylation is 1. The van der Waals surface area contributed by atoms with Crippen LogP contribution in [-0.4, -0.2) is 11.8 Å². The van der Waals surface area contributed by atoms with Gasteiger partial charge in [-0.05, 0) is 35.8 Å². The highest BCUT2D eigenvalue weighted by Crippen LogP contribution is 2.23. The van der Waals surface area contributed by atoms with Crippen molar-refractivity contribution in [3.8, 4) is 0 Å². The Morgan fingerprint density at radius 3 is 2.53 bits per heavy atom. The van der Waals surface area contributed by atoms with E-state index in [1.807, 2.05) is 12.1 Å². The molecule has 82 valence electrons. The van der Waals surface area contributed by atoms with Gasteiger partial charge in [-0.15, -0.1) is 0 Å². The molecule has 0 aliphatic carbocycles. The van der Waals surface area contributed by atoms with Gasteiger partial charge in [-0.1, -0.05) is 12.1 Å². The van der Waals surface area contributed by atoms with Gasteiger partial charge in [-0.2, -0.15) is 8.57 Å². The lowest BCUT2D eigenvalue weighted by Gasteiger charge is -2.24. The number of benzene rings is 1. The third-order valence-electron chi connectivity index (χ3n) is 2.15. The van der Waals surface area contributed by atoms with Crippen LogP contribution in [0.5, 0.6) is 0 Å². The van der Waals surface area contributed by atoms with Crippen molar-refractivity contribution in [2.24, 2.45) is 5.84 Å². The monoisotopic (exact) mass is 227 g/mol. The van der Waals surface area contributed by atoms with Crippen molar-refractivity contribution < 1.29 is 8.57 Å². The first-order valence-electron chi connectivity index (χ1n) is 4.73. The maximum Gasteiger partial charge on any atom is 0.203 e. The molecular formula is C9H13N3O2S. The molecule has 15 heavy (non-hydrogen) atoms. The molecule has 0 atom stereocenters. The van der Waals surface area contributed by atoms with Crippen molar-refractivity contribution in [1.82, 2.24) is 5.23 Å². The Kier molecular flexibility index (Phi) is 3.81. The minimum Gasteiger partial charge on any atom is -0.324 e. The predicted molar refractivity (Wildman–Crippen MR) is 59.0 cm³/mol. The van der Waals surface area contributed by atoms with Crippen LogP contribution in [0.2, 0.25) is 0 Å². The van der Waals surface area contributed by atoms with E-state index in [-0.39, 0.29) is 0 Å². The summed E-state index contributed by atoms with van der Waals surface area (Å²) in [6.45, 7) is 0.782. The Labute approximate surface area is 92.8 Å². The number of rotatable bonds is 5. The molecule has 1 saturated heterocycles. The molecule has 1 aromatic rings. The average molecular weight is 227 g/mol. The van der Waals surface area contributed by atoms with E-state index in [4.69, 9.17) is 14.4 Å². The zero-order chi connectivity index (χ0) is 10.5. The number of hydrogen-bond donors (Lipinski definition) is 2. The number of nitrogen functional groups attached to an aromatic ring is 1. The number of anilines is 1. The molecule has 1 fully saturated rings. The highest BCUT2D eigenvalue weighted by atomic mass is 32.2. The lowest BCUT2D eigenvalue weighted by Crippen LogP contribution is -2.28. The first-order valence-corrected chi connectivity index (χ1v) is 5.39. The molecule has 6 heteroatoms. The van der Waals surface area contributed by atoms with Crippen LogP contribution >= 0.6 is 12.3 Å². The normalized spacial score (nSPS) is 16.1.